The maximum Gasteiger partial charge on any atom is 0.214 e. The number of aromatic hydroxyl groups is 1. The minimum absolute atomic E-state index is 0.213. The van der Waals surface area contributed by atoms with Crippen LogP contribution in [0.1, 0.15) is 31.2 Å². The number of carbonyl (C=O) groups excluding carboxylic acids is 1. The highest BCUT2D eigenvalue weighted by atomic mass is 16.3. The predicted molar refractivity (Wildman–Crippen MR) is 83.2 cm³/mol. The molecule has 1 fully saturated rings. The number of nitrogens with zero attached hydrogens (tertiary/aromatic N) is 1. The van der Waals surface area contributed by atoms with E-state index in [4.69, 9.17) is 0 Å². The van der Waals surface area contributed by atoms with Crippen LogP contribution in [0.25, 0.3) is 0 Å². The van der Waals surface area contributed by atoms with Crippen molar-refractivity contribution in [3.63, 3.8) is 0 Å². The van der Waals surface area contributed by atoms with Crippen molar-refractivity contribution >= 4 is 12.1 Å². The van der Waals surface area contributed by atoms with Crippen molar-refractivity contribution in [3.05, 3.63) is 60.2 Å². The Kier molecular flexibility index (Phi) is 3.65. The van der Waals surface area contributed by atoms with Gasteiger partial charge in [-0.3, -0.25) is 4.79 Å². The van der Waals surface area contributed by atoms with Crippen molar-refractivity contribution in [1.82, 2.24) is 0 Å². The number of phenolic OH excluding ortho intramolecular Hbond substituents is 1. The molecule has 0 unspecified atom stereocenters. The van der Waals surface area contributed by atoms with Crippen LogP contribution in [0.5, 0.6) is 5.75 Å². The molecule has 2 aromatic carbocycles. The molecule has 0 radical (unpaired) electrons. The van der Waals surface area contributed by atoms with E-state index >= 15 is 0 Å². The normalized spacial score (nSPS) is 16.6. The van der Waals surface area contributed by atoms with Gasteiger partial charge in [-0.15, -0.1) is 0 Å². The van der Waals surface area contributed by atoms with Gasteiger partial charge >= 0.3 is 0 Å². The first-order chi connectivity index (χ1) is 10.3. The minimum atomic E-state index is -0.264. The topological polar surface area (TPSA) is 40.5 Å². The van der Waals surface area contributed by atoms with Crippen molar-refractivity contribution in [2.45, 2.75) is 31.2 Å². The Morgan fingerprint density at radius 1 is 0.952 bits per heavy atom. The summed E-state index contributed by atoms with van der Waals surface area (Å²) >= 11 is 0. The van der Waals surface area contributed by atoms with Gasteiger partial charge in [-0.25, -0.2) is 0 Å². The van der Waals surface area contributed by atoms with Crippen molar-refractivity contribution in [1.29, 1.82) is 0 Å². The summed E-state index contributed by atoms with van der Waals surface area (Å²) in [5, 5.41) is 9.45. The lowest BCUT2D eigenvalue weighted by Crippen LogP contribution is -2.43. The molecule has 1 amide bonds. The van der Waals surface area contributed by atoms with Gasteiger partial charge in [0.05, 0.1) is 5.54 Å². The van der Waals surface area contributed by atoms with Crippen LogP contribution in [0.3, 0.4) is 0 Å². The predicted octanol–water partition coefficient (Wildman–Crippen LogP) is 3.82. The van der Waals surface area contributed by atoms with Gasteiger partial charge in [-0.05, 0) is 42.7 Å². The van der Waals surface area contributed by atoms with E-state index in [1.165, 1.54) is 5.56 Å². The summed E-state index contributed by atoms with van der Waals surface area (Å²) < 4.78 is 0. The summed E-state index contributed by atoms with van der Waals surface area (Å²) in [5.41, 5.74) is 1.75. The minimum Gasteiger partial charge on any atom is -0.508 e. The SMILES string of the molecule is O=CN(c1ccc(O)cc1)C1(c2ccccc2)CCCC1. The molecule has 3 heteroatoms. The highest BCUT2D eigenvalue weighted by Gasteiger charge is 2.41. The lowest BCUT2D eigenvalue weighted by atomic mass is 9.86. The van der Waals surface area contributed by atoms with Crippen molar-refractivity contribution in [2.24, 2.45) is 0 Å². The fourth-order valence-electron chi connectivity index (χ4n) is 3.40. The van der Waals surface area contributed by atoms with Gasteiger partial charge in [-0.2, -0.15) is 0 Å². The number of hydrogen-bond donors (Lipinski definition) is 1. The summed E-state index contributed by atoms with van der Waals surface area (Å²) in [6.45, 7) is 0. The standard InChI is InChI=1S/C18H19NO2/c20-14-19(16-8-10-17(21)11-9-16)18(12-4-5-13-18)15-6-2-1-3-7-15/h1-3,6-11,14,21H,4-5,12-13H2. The number of carbonyl (C=O) groups is 1. The molecule has 0 aliphatic heterocycles. The molecular weight excluding hydrogens is 262 g/mol. The number of phenols is 1. The van der Waals surface area contributed by atoms with Gasteiger partial charge in [0.2, 0.25) is 6.41 Å². The van der Waals surface area contributed by atoms with Gasteiger partial charge in [0.15, 0.2) is 0 Å². The molecule has 0 heterocycles. The molecule has 21 heavy (non-hydrogen) atoms. The van der Waals surface area contributed by atoms with Crippen LogP contribution in [0, 0.1) is 0 Å². The second-order valence-electron chi connectivity index (χ2n) is 5.60. The third kappa shape index (κ3) is 2.40. The third-order valence-corrected chi connectivity index (χ3v) is 4.44. The third-order valence-electron chi connectivity index (χ3n) is 4.44. The first-order valence-corrected chi connectivity index (χ1v) is 7.35. The van der Waals surface area contributed by atoms with E-state index in [1.807, 2.05) is 23.1 Å². The fourth-order valence-corrected chi connectivity index (χ4v) is 3.40. The maximum absolute atomic E-state index is 11.8. The Balaban J connectivity index is 2.07. The lowest BCUT2D eigenvalue weighted by Gasteiger charge is -2.39. The fraction of sp³-hybridized carbons (Fsp3) is 0.278. The van der Waals surface area contributed by atoms with E-state index < -0.39 is 0 Å². The van der Waals surface area contributed by atoms with Crippen LogP contribution in [0.2, 0.25) is 0 Å². The van der Waals surface area contributed by atoms with Crippen LogP contribution < -0.4 is 4.90 Å². The maximum atomic E-state index is 11.8. The quantitative estimate of drug-likeness (QED) is 0.865. The molecule has 3 rings (SSSR count). The molecule has 0 saturated heterocycles. The summed E-state index contributed by atoms with van der Waals surface area (Å²) in [6, 6.07) is 17.1. The van der Waals surface area contributed by atoms with Gasteiger partial charge < -0.3 is 10.0 Å². The second-order valence-corrected chi connectivity index (χ2v) is 5.60. The van der Waals surface area contributed by atoms with Crippen molar-refractivity contribution < 1.29 is 9.90 Å². The molecule has 108 valence electrons. The van der Waals surface area contributed by atoms with Crippen LogP contribution in [0.15, 0.2) is 54.6 Å². The van der Waals surface area contributed by atoms with Crippen LogP contribution >= 0.6 is 0 Å². The van der Waals surface area contributed by atoms with Gasteiger partial charge in [0.25, 0.3) is 0 Å². The first-order valence-electron chi connectivity index (χ1n) is 7.35. The zero-order chi connectivity index (χ0) is 14.7. The van der Waals surface area contributed by atoms with Crippen LogP contribution in [-0.4, -0.2) is 11.5 Å². The zero-order valence-electron chi connectivity index (χ0n) is 11.9. The van der Waals surface area contributed by atoms with Crippen molar-refractivity contribution in [2.75, 3.05) is 4.90 Å². The van der Waals surface area contributed by atoms with Crippen molar-refractivity contribution in [3.8, 4) is 5.75 Å². The summed E-state index contributed by atoms with van der Waals surface area (Å²) in [4.78, 5) is 13.6. The highest BCUT2D eigenvalue weighted by Crippen LogP contribution is 2.45. The van der Waals surface area contributed by atoms with Gasteiger partial charge in [-0.1, -0.05) is 43.2 Å². The lowest BCUT2D eigenvalue weighted by molar-refractivity contribution is -0.108. The molecule has 3 nitrogen and oxygen atoms in total. The van der Waals surface area contributed by atoms with E-state index in [1.54, 1.807) is 24.3 Å². The van der Waals surface area contributed by atoms with Gasteiger partial charge in [0, 0.05) is 5.69 Å². The molecule has 1 aliphatic rings. The summed E-state index contributed by atoms with van der Waals surface area (Å²) in [5.74, 6) is 0.213. The molecule has 0 spiro atoms. The number of benzene rings is 2. The molecule has 2 aromatic rings. The van der Waals surface area contributed by atoms with E-state index in [0.717, 1.165) is 37.8 Å². The smallest absolute Gasteiger partial charge is 0.214 e. The molecular formula is C18H19NO2. The number of rotatable bonds is 4. The van der Waals surface area contributed by atoms with E-state index in [0.29, 0.717) is 0 Å². The van der Waals surface area contributed by atoms with E-state index in [-0.39, 0.29) is 11.3 Å². The molecule has 1 saturated carbocycles. The second kappa shape index (κ2) is 5.60. The Bertz CT molecular complexity index is 601. The average molecular weight is 281 g/mol. The van der Waals surface area contributed by atoms with Crippen LogP contribution in [0.4, 0.5) is 5.69 Å². The summed E-state index contributed by atoms with van der Waals surface area (Å²) in [7, 11) is 0. The van der Waals surface area contributed by atoms with Gasteiger partial charge in [0.1, 0.15) is 5.75 Å². The van der Waals surface area contributed by atoms with E-state index in [9.17, 15) is 9.90 Å². The number of hydrogen-bond acceptors (Lipinski definition) is 2. The Morgan fingerprint density at radius 2 is 1.57 bits per heavy atom. The van der Waals surface area contributed by atoms with Crippen LogP contribution in [-0.2, 0) is 10.3 Å². The Morgan fingerprint density at radius 3 is 2.14 bits per heavy atom. The monoisotopic (exact) mass is 281 g/mol. The largest absolute Gasteiger partial charge is 0.508 e. The Labute approximate surface area is 124 Å². The highest BCUT2D eigenvalue weighted by molar-refractivity contribution is 5.78. The molecule has 1 aliphatic carbocycles. The molecule has 1 N–H and O–H groups in total. The number of anilines is 1. The molecule has 0 atom stereocenters. The Hall–Kier alpha value is -2.29. The first kappa shape index (κ1) is 13.7. The molecule has 0 bridgehead atoms. The summed E-state index contributed by atoms with van der Waals surface area (Å²) in [6.07, 6.45) is 5.10. The number of amides is 1. The zero-order valence-corrected chi connectivity index (χ0v) is 11.9. The molecule has 0 aromatic heterocycles. The average Bonchev–Trinajstić information content (AvgIpc) is 3.01. The van der Waals surface area contributed by atoms with E-state index in [2.05, 4.69) is 12.1 Å².